The van der Waals surface area contributed by atoms with Crippen LogP contribution in [-0.2, 0) is 0 Å². The zero-order valence-electron chi connectivity index (χ0n) is 12.8. The molecule has 0 saturated carbocycles. The molecule has 0 spiro atoms. The van der Waals surface area contributed by atoms with E-state index in [0.717, 1.165) is 11.1 Å². The molecule has 1 aromatic heterocycles. The zero-order valence-corrected chi connectivity index (χ0v) is 13.6. The fourth-order valence-corrected chi connectivity index (χ4v) is 3.88. The molecule has 0 unspecified atom stereocenters. The summed E-state index contributed by atoms with van der Waals surface area (Å²) >= 11 is 1.78. The van der Waals surface area contributed by atoms with E-state index in [0.29, 0.717) is 0 Å². The number of thiophene rings is 1. The third kappa shape index (κ3) is 2.51. The van der Waals surface area contributed by atoms with Crippen LogP contribution in [0, 0.1) is 0 Å². The van der Waals surface area contributed by atoms with E-state index in [9.17, 15) is 0 Å². The Hall–Kier alpha value is -2.58. The highest BCUT2D eigenvalue weighted by atomic mass is 32.1. The Morgan fingerprint density at radius 3 is 2.26 bits per heavy atom. The Labute approximate surface area is 139 Å². The lowest BCUT2D eigenvalue weighted by molar-refractivity contribution is 0.420. The van der Waals surface area contributed by atoms with Gasteiger partial charge in [0.1, 0.15) is 5.75 Å². The molecule has 0 radical (unpaired) electrons. The summed E-state index contributed by atoms with van der Waals surface area (Å²) in [5.41, 5.74) is 3.78. The van der Waals surface area contributed by atoms with E-state index < -0.39 is 0 Å². The first kappa shape index (κ1) is 14.0. The van der Waals surface area contributed by atoms with E-state index >= 15 is 0 Å². The minimum absolute atomic E-state index is 0.921. The van der Waals surface area contributed by atoms with Crippen LogP contribution in [-0.4, -0.2) is 7.11 Å². The van der Waals surface area contributed by atoms with Gasteiger partial charge in [-0.25, -0.2) is 0 Å². The quantitative estimate of drug-likeness (QED) is 0.434. The molecule has 1 heterocycles. The van der Waals surface area contributed by atoms with Gasteiger partial charge in [-0.2, -0.15) is 0 Å². The summed E-state index contributed by atoms with van der Waals surface area (Å²) < 4.78 is 5.50. The summed E-state index contributed by atoms with van der Waals surface area (Å²) in [5, 5.41) is 4.61. The predicted octanol–water partition coefficient (Wildman–Crippen LogP) is 6.24. The minimum Gasteiger partial charge on any atom is -0.496 e. The van der Waals surface area contributed by atoms with Crippen LogP contribution in [0.5, 0.6) is 5.75 Å². The van der Waals surface area contributed by atoms with Crippen LogP contribution in [0.25, 0.3) is 32.3 Å². The second-order valence-electron chi connectivity index (χ2n) is 5.43. The molecule has 0 atom stereocenters. The van der Waals surface area contributed by atoms with Crippen molar-refractivity contribution in [3.63, 3.8) is 0 Å². The molecule has 112 valence electrons. The van der Waals surface area contributed by atoms with Crippen molar-refractivity contribution in [2.75, 3.05) is 7.11 Å². The summed E-state index contributed by atoms with van der Waals surface area (Å²) in [7, 11) is 1.72. The summed E-state index contributed by atoms with van der Waals surface area (Å²) in [6.45, 7) is 0. The lowest BCUT2D eigenvalue weighted by atomic mass is 10.0. The van der Waals surface area contributed by atoms with Crippen molar-refractivity contribution in [3.05, 3.63) is 78.2 Å². The van der Waals surface area contributed by atoms with Crippen molar-refractivity contribution in [2.45, 2.75) is 0 Å². The van der Waals surface area contributed by atoms with Gasteiger partial charge in [0.2, 0.25) is 0 Å². The minimum atomic E-state index is 0.921. The molecule has 0 aliphatic rings. The number of methoxy groups -OCH3 is 1. The van der Waals surface area contributed by atoms with E-state index in [1.54, 1.807) is 18.4 Å². The second kappa shape index (κ2) is 5.90. The lowest BCUT2D eigenvalue weighted by Gasteiger charge is -2.09. The average molecular weight is 316 g/mol. The van der Waals surface area contributed by atoms with Crippen LogP contribution < -0.4 is 4.74 Å². The largest absolute Gasteiger partial charge is 0.496 e. The van der Waals surface area contributed by atoms with Crippen molar-refractivity contribution in [1.29, 1.82) is 0 Å². The molecule has 0 aliphatic carbocycles. The van der Waals surface area contributed by atoms with Crippen molar-refractivity contribution in [3.8, 4) is 27.3 Å². The van der Waals surface area contributed by atoms with Crippen LogP contribution in [0.2, 0.25) is 0 Å². The number of benzene rings is 3. The van der Waals surface area contributed by atoms with Crippen molar-refractivity contribution >= 4 is 22.1 Å². The molecule has 23 heavy (non-hydrogen) atoms. The van der Waals surface area contributed by atoms with Crippen LogP contribution in [0.3, 0.4) is 0 Å². The number of ether oxygens (including phenoxy) is 1. The molecule has 0 amide bonds. The van der Waals surface area contributed by atoms with Gasteiger partial charge in [-0.3, -0.25) is 0 Å². The molecule has 4 rings (SSSR count). The van der Waals surface area contributed by atoms with Gasteiger partial charge in [0, 0.05) is 10.3 Å². The third-order valence-electron chi connectivity index (χ3n) is 4.08. The number of hydrogen-bond acceptors (Lipinski definition) is 2. The van der Waals surface area contributed by atoms with Gasteiger partial charge in [0.15, 0.2) is 0 Å². The van der Waals surface area contributed by atoms with Crippen LogP contribution in [0.4, 0.5) is 0 Å². The molecule has 0 fully saturated rings. The molecule has 2 heteroatoms. The molecular weight excluding hydrogens is 300 g/mol. The SMILES string of the molecule is COc1ccc(-c2cc(-c3ccccc3)cs2)c2ccccc12. The standard InChI is InChI=1S/C21H16OS/c1-22-20-12-11-19(17-9-5-6-10-18(17)20)21-13-16(14-23-21)15-7-3-2-4-8-15/h2-14H,1H3. The highest BCUT2D eigenvalue weighted by Crippen LogP contribution is 2.38. The van der Waals surface area contributed by atoms with Gasteiger partial charge < -0.3 is 4.74 Å². The topological polar surface area (TPSA) is 9.23 Å². The second-order valence-corrected chi connectivity index (χ2v) is 6.34. The highest BCUT2D eigenvalue weighted by molar-refractivity contribution is 7.14. The fraction of sp³-hybridized carbons (Fsp3) is 0.0476. The molecule has 4 aromatic rings. The summed E-state index contributed by atoms with van der Waals surface area (Å²) in [6.07, 6.45) is 0. The van der Waals surface area contributed by atoms with Crippen molar-refractivity contribution in [1.82, 2.24) is 0 Å². The van der Waals surface area contributed by atoms with Crippen LogP contribution in [0.15, 0.2) is 78.2 Å². The van der Waals surface area contributed by atoms with Gasteiger partial charge in [-0.05, 0) is 45.7 Å². The van der Waals surface area contributed by atoms with Gasteiger partial charge in [0.25, 0.3) is 0 Å². The lowest BCUT2D eigenvalue weighted by Crippen LogP contribution is -1.86. The smallest absolute Gasteiger partial charge is 0.126 e. The Morgan fingerprint density at radius 1 is 0.739 bits per heavy atom. The first-order chi connectivity index (χ1) is 11.4. The summed E-state index contributed by atoms with van der Waals surface area (Å²) in [6, 6.07) is 25.4. The number of hydrogen-bond donors (Lipinski definition) is 0. The van der Waals surface area contributed by atoms with Gasteiger partial charge in [-0.1, -0.05) is 54.6 Å². The maximum absolute atomic E-state index is 5.50. The molecule has 3 aromatic carbocycles. The first-order valence-electron chi connectivity index (χ1n) is 7.57. The third-order valence-corrected chi connectivity index (χ3v) is 5.04. The van der Waals surface area contributed by atoms with Crippen molar-refractivity contribution in [2.24, 2.45) is 0 Å². The molecular formula is C21H16OS. The molecule has 0 N–H and O–H groups in total. The molecule has 0 bridgehead atoms. The van der Waals surface area contributed by atoms with E-state index in [4.69, 9.17) is 4.74 Å². The van der Waals surface area contributed by atoms with Crippen LogP contribution >= 0.6 is 11.3 Å². The molecule has 0 aliphatic heterocycles. The van der Waals surface area contributed by atoms with E-state index in [2.05, 4.69) is 72.1 Å². The van der Waals surface area contributed by atoms with Gasteiger partial charge >= 0.3 is 0 Å². The molecule has 0 saturated heterocycles. The van der Waals surface area contributed by atoms with E-state index in [-0.39, 0.29) is 0 Å². The zero-order chi connectivity index (χ0) is 15.6. The van der Waals surface area contributed by atoms with E-state index in [1.165, 1.54) is 27.0 Å². The fourth-order valence-electron chi connectivity index (χ4n) is 2.92. The van der Waals surface area contributed by atoms with E-state index in [1.807, 2.05) is 6.07 Å². The Bertz CT molecular complexity index is 954. The van der Waals surface area contributed by atoms with Gasteiger partial charge in [-0.15, -0.1) is 11.3 Å². The van der Waals surface area contributed by atoms with Crippen LogP contribution in [0.1, 0.15) is 0 Å². The monoisotopic (exact) mass is 316 g/mol. The number of rotatable bonds is 3. The Kier molecular flexibility index (Phi) is 3.60. The summed E-state index contributed by atoms with van der Waals surface area (Å²) in [4.78, 5) is 1.28. The first-order valence-corrected chi connectivity index (χ1v) is 8.45. The van der Waals surface area contributed by atoms with Crippen molar-refractivity contribution < 1.29 is 4.74 Å². The number of fused-ring (bicyclic) bond motifs is 1. The van der Waals surface area contributed by atoms with Gasteiger partial charge in [0.05, 0.1) is 7.11 Å². The predicted molar refractivity (Wildman–Crippen MR) is 99.2 cm³/mol. The molecule has 1 nitrogen and oxygen atoms in total. The highest BCUT2D eigenvalue weighted by Gasteiger charge is 2.10. The maximum atomic E-state index is 5.50. The maximum Gasteiger partial charge on any atom is 0.126 e. The Balaban J connectivity index is 1.86. The summed E-state index contributed by atoms with van der Waals surface area (Å²) in [5.74, 6) is 0.921. The average Bonchev–Trinajstić information content (AvgIpc) is 3.11. The normalized spacial score (nSPS) is 10.8. The Morgan fingerprint density at radius 2 is 1.48 bits per heavy atom.